The molecule has 2 N–H and O–H groups in total. The molecule has 1 aromatic carbocycles. The molecule has 1 aromatic heterocycles. The third kappa shape index (κ3) is 6.92. The number of benzene rings is 1. The van der Waals surface area contributed by atoms with Gasteiger partial charge in [0, 0.05) is 31.9 Å². The minimum atomic E-state index is -3.56. The van der Waals surface area contributed by atoms with Crippen LogP contribution in [0.15, 0.2) is 46.5 Å². The number of anilines is 2. The van der Waals surface area contributed by atoms with E-state index in [9.17, 15) is 18.0 Å². The highest BCUT2D eigenvalue weighted by Crippen LogP contribution is 2.28. The third-order valence-corrected chi connectivity index (χ3v) is 7.88. The van der Waals surface area contributed by atoms with E-state index in [2.05, 4.69) is 15.6 Å². The Morgan fingerprint density at radius 3 is 2.42 bits per heavy atom. The molecule has 1 fully saturated rings. The van der Waals surface area contributed by atoms with Crippen LogP contribution in [0.4, 0.5) is 11.4 Å². The molecule has 1 saturated heterocycles. The van der Waals surface area contributed by atoms with Crippen molar-refractivity contribution in [3.63, 3.8) is 0 Å². The Morgan fingerprint density at radius 1 is 1.09 bits per heavy atom. The third-order valence-electron chi connectivity index (χ3n) is 5.06. The predicted octanol–water partition coefficient (Wildman–Crippen LogP) is 3.34. The zero-order valence-electron chi connectivity index (χ0n) is 18.7. The molecule has 0 unspecified atom stereocenters. The molecule has 11 heteroatoms. The van der Waals surface area contributed by atoms with Crippen LogP contribution in [0.3, 0.4) is 0 Å². The van der Waals surface area contributed by atoms with E-state index in [0.717, 1.165) is 25.7 Å². The molecule has 0 spiro atoms. The molecular weight excluding hydrogens is 464 g/mol. The van der Waals surface area contributed by atoms with E-state index >= 15 is 0 Å². The van der Waals surface area contributed by atoms with Gasteiger partial charge < -0.3 is 15.4 Å². The average molecular weight is 493 g/mol. The van der Waals surface area contributed by atoms with Gasteiger partial charge in [-0.2, -0.15) is 4.31 Å². The fraction of sp³-hybridized carbons (Fsp3) is 0.409. The van der Waals surface area contributed by atoms with E-state index in [0.29, 0.717) is 35.2 Å². The van der Waals surface area contributed by atoms with Gasteiger partial charge in [0.05, 0.1) is 23.6 Å². The summed E-state index contributed by atoms with van der Waals surface area (Å²) in [6, 6.07) is 8.09. The number of hydrogen-bond acceptors (Lipinski definition) is 7. The standard InChI is InChI=1S/C22H28N4O5S2/c1-16(27)24-17-7-9-20(31-2)19(13-17)25-21(28)15-32-22-10-8-18(14-23-22)33(29,30)26-11-5-3-4-6-12-26/h7-10,13-14H,3-6,11-12,15H2,1-2H3,(H,24,27)(H,25,28). The summed E-state index contributed by atoms with van der Waals surface area (Å²) < 4.78 is 32.5. The van der Waals surface area contributed by atoms with Crippen molar-refractivity contribution < 1.29 is 22.7 Å². The second-order valence-corrected chi connectivity index (χ2v) is 10.5. The lowest BCUT2D eigenvalue weighted by Crippen LogP contribution is -2.32. The maximum absolute atomic E-state index is 12.9. The molecule has 1 aliphatic heterocycles. The number of nitrogens with zero attached hydrogens (tertiary/aromatic N) is 2. The maximum Gasteiger partial charge on any atom is 0.244 e. The molecule has 2 heterocycles. The van der Waals surface area contributed by atoms with Crippen LogP contribution >= 0.6 is 11.8 Å². The molecule has 0 atom stereocenters. The van der Waals surface area contributed by atoms with Gasteiger partial charge >= 0.3 is 0 Å². The highest BCUT2D eigenvalue weighted by atomic mass is 32.2. The Labute approximate surface area is 198 Å². The van der Waals surface area contributed by atoms with Crippen LogP contribution in [0, 0.1) is 0 Å². The van der Waals surface area contributed by atoms with E-state index < -0.39 is 10.0 Å². The number of sulfonamides is 1. The van der Waals surface area contributed by atoms with Gasteiger partial charge in [-0.3, -0.25) is 9.59 Å². The number of hydrogen-bond donors (Lipinski definition) is 2. The minimum absolute atomic E-state index is 0.0682. The van der Waals surface area contributed by atoms with Crippen molar-refractivity contribution in [2.45, 2.75) is 42.5 Å². The van der Waals surface area contributed by atoms with Gasteiger partial charge in [0.2, 0.25) is 21.8 Å². The summed E-state index contributed by atoms with van der Waals surface area (Å²) in [6.45, 7) is 2.47. The lowest BCUT2D eigenvalue weighted by molar-refractivity contribution is -0.114. The molecule has 0 bridgehead atoms. The van der Waals surface area contributed by atoms with Gasteiger partial charge in [-0.1, -0.05) is 24.6 Å². The van der Waals surface area contributed by atoms with Crippen molar-refractivity contribution in [1.29, 1.82) is 0 Å². The van der Waals surface area contributed by atoms with Gasteiger partial charge in [0.15, 0.2) is 0 Å². The molecule has 0 radical (unpaired) electrons. The monoisotopic (exact) mass is 492 g/mol. The first-order valence-corrected chi connectivity index (χ1v) is 13.1. The van der Waals surface area contributed by atoms with E-state index in [1.165, 1.54) is 42.4 Å². The molecule has 9 nitrogen and oxygen atoms in total. The van der Waals surface area contributed by atoms with Crippen molar-refractivity contribution in [1.82, 2.24) is 9.29 Å². The highest BCUT2D eigenvalue weighted by molar-refractivity contribution is 7.99. The quantitative estimate of drug-likeness (QED) is 0.543. The number of ether oxygens (including phenoxy) is 1. The zero-order valence-corrected chi connectivity index (χ0v) is 20.3. The molecule has 178 valence electrons. The average Bonchev–Trinajstić information content (AvgIpc) is 3.08. The Morgan fingerprint density at radius 2 is 1.82 bits per heavy atom. The zero-order chi connectivity index (χ0) is 23.8. The summed E-state index contributed by atoms with van der Waals surface area (Å²) in [7, 11) is -2.07. The fourth-order valence-corrected chi connectivity index (χ4v) is 5.55. The van der Waals surface area contributed by atoms with E-state index in [4.69, 9.17) is 4.74 Å². The van der Waals surface area contributed by atoms with Crippen LogP contribution < -0.4 is 15.4 Å². The van der Waals surface area contributed by atoms with Crippen molar-refractivity contribution in [2.24, 2.45) is 0 Å². The number of rotatable bonds is 8. The predicted molar refractivity (Wildman–Crippen MR) is 128 cm³/mol. The van der Waals surface area contributed by atoms with Crippen LogP contribution in [0.2, 0.25) is 0 Å². The number of carbonyl (C=O) groups is 2. The molecule has 1 aliphatic rings. The fourth-order valence-electron chi connectivity index (χ4n) is 3.45. The Balaban J connectivity index is 1.60. The molecular formula is C22H28N4O5S2. The number of nitrogens with one attached hydrogen (secondary N) is 2. The summed E-state index contributed by atoms with van der Waals surface area (Å²) in [5.41, 5.74) is 0.968. The first kappa shape index (κ1) is 25.0. The van der Waals surface area contributed by atoms with Crippen LogP contribution in [-0.2, 0) is 19.6 Å². The van der Waals surface area contributed by atoms with Crippen molar-refractivity contribution in [3.8, 4) is 5.75 Å². The highest BCUT2D eigenvalue weighted by Gasteiger charge is 2.25. The molecule has 33 heavy (non-hydrogen) atoms. The summed E-state index contributed by atoms with van der Waals surface area (Å²) >= 11 is 1.19. The lowest BCUT2D eigenvalue weighted by atomic mass is 10.2. The number of methoxy groups -OCH3 is 1. The van der Waals surface area contributed by atoms with Crippen LogP contribution in [0.5, 0.6) is 5.75 Å². The second-order valence-electron chi connectivity index (χ2n) is 7.58. The summed E-state index contributed by atoms with van der Waals surface area (Å²) in [5.74, 6) is 0.0176. The largest absolute Gasteiger partial charge is 0.495 e. The second kappa shape index (κ2) is 11.5. The minimum Gasteiger partial charge on any atom is -0.495 e. The van der Waals surface area contributed by atoms with Gasteiger partial charge in [-0.15, -0.1) is 0 Å². The summed E-state index contributed by atoms with van der Waals surface area (Å²) in [4.78, 5) is 28.1. The van der Waals surface area contributed by atoms with Crippen LogP contribution in [0.25, 0.3) is 0 Å². The van der Waals surface area contributed by atoms with Gasteiger partial charge in [-0.25, -0.2) is 13.4 Å². The van der Waals surface area contributed by atoms with Gasteiger partial charge in [0.1, 0.15) is 10.6 Å². The van der Waals surface area contributed by atoms with E-state index in [1.54, 1.807) is 24.3 Å². The maximum atomic E-state index is 12.9. The number of aromatic nitrogens is 1. The Hall–Kier alpha value is -2.63. The smallest absolute Gasteiger partial charge is 0.244 e. The molecule has 0 saturated carbocycles. The number of amides is 2. The molecule has 0 aliphatic carbocycles. The van der Waals surface area contributed by atoms with Crippen molar-refractivity contribution in [3.05, 3.63) is 36.5 Å². The summed E-state index contributed by atoms with van der Waals surface area (Å²) in [6.07, 6.45) is 5.18. The summed E-state index contributed by atoms with van der Waals surface area (Å²) in [5, 5.41) is 5.96. The first-order chi connectivity index (χ1) is 15.8. The first-order valence-electron chi connectivity index (χ1n) is 10.6. The Bertz CT molecular complexity index is 1080. The SMILES string of the molecule is COc1ccc(NC(C)=O)cc1NC(=O)CSc1ccc(S(=O)(=O)N2CCCCCC2)cn1. The van der Waals surface area contributed by atoms with Crippen LogP contribution in [-0.4, -0.2) is 55.5 Å². The van der Waals surface area contributed by atoms with Crippen molar-refractivity contribution >= 4 is 45.0 Å². The molecule has 2 amide bonds. The number of thioether (sulfide) groups is 1. The van der Waals surface area contributed by atoms with Crippen LogP contribution in [0.1, 0.15) is 32.6 Å². The van der Waals surface area contributed by atoms with Gasteiger partial charge in [0.25, 0.3) is 0 Å². The Kier molecular flexibility index (Phi) is 8.70. The van der Waals surface area contributed by atoms with E-state index in [1.807, 2.05) is 0 Å². The number of pyridine rings is 1. The topological polar surface area (TPSA) is 118 Å². The number of carbonyl (C=O) groups excluding carboxylic acids is 2. The van der Waals surface area contributed by atoms with Gasteiger partial charge in [-0.05, 0) is 43.2 Å². The lowest BCUT2D eigenvalue weighted by Gasteiger charge is -2.19. The van der Waals surface area contributed by atoms with E-state index in [-0.39, 0.29) is 22.5 Å². The normalized spacial score (nSPS) is 14.8. The van der Waals surface area contributed by atoms with Crippen molar-refractivity contribution in [2.75, 3.05) is 36.6 Å². The molecule has 3 rings (SSSR count). The molecule has 2 aromatic rings.